The second-order valence-electron chi connectivity index (χ2n) is 4.08. The van der Waals surface area contributed by atoms with Crippen LogP contribution in [-0.2, 0) is 6.42 Å². The highest BCUT2D eigenvalue weighted by atomic mass is 19.1. The Morgan fingerprint density at radius 3 is 2.72 bits per heavy atom. The molecule has 2 rings (SSSR count). The lowest BCUT2D eigenvalue weighted by atomic mass is 10.2. The Balaban J connectivity index is 2.36. The third kappa shape index (κ3) is 2.56. The van der Waals surface area contributed by atoms with Crippen LogP contribution in [-0.4, -0.2) is 9.97 Å². The number of rotatable bonds is 3. The zero-order valence-electron chi connectivity index (χ0n) is 10.4. The summed E-state index contributed by atoms with van der Waals surface area (Å²) >= 11 is 0. The van der Waals surface area contributed by atoms with Crippen LogP contribution < -0.4 is 11.1 Å². The Morgan fingerprint density at radius 2 is 2.06 bits per heavy atom. The van der Waals surface area contributed by atoms with Gasteiger partial charge in [0.25, 0.3) is 0 Å². The molecule has 18 heavy (non-hydrogen) atoms. The maximum absolute atomic E-state index is 13.3. The first-order valence-electron chi connectivity index (χ1n) is 5.73. The van der Waals surface area contributed by atoms with Crippen molar-refractivity contribution in [2.45, 2.75) is 20.3 Å². The fourth-order valence-corrected chi connectivity index (χ4v) is 1.83. The van der Waals surface area contributed by atoms with E-state index in [1.807, 2.05) is 19.9 Å². The van der Waals surface area contributed by atoms with E-state index in [1.165, 1.54) is 18.5 Å². The summed E-state index contributed by atoms with van der Waals surface area (Å²) < 4.78 is 13.3. The van der Waals surface area contributed by atoms with Crippen LogP contribution in [0, 0.1) is 12.7 Å². The monoisotopic (exact) mass is 246 g/mol. The van der Waals surface area contributed by atoms with E-state index >= 15 is 0 Å². The minimum absolute atomic E-state index is 0.280. The van der Waals surface area contributed by atoms with Gasteiger partial charge in [-0.1, -0.05) is 6.92 Å². The molecule has 0 saturated heterocycles. The lowest BCUT2D eigenvalue weighted by molar-refractivity contribution is 0.627. The Bertz CT molecular complexity index is 549. The fourth-order valence-electron chi connectivity index (χ4n) is 1.83. The molecule has 0 aliphatic carbocycles. The van der Waals surface area contributed by atoms with Gasteiger partial charge in [0, 0.05) is 11.3 Å². The average Bonchev–Trinajstić information content (AvgIpc) is 2.27. The normalized spacial score (nSPS) is 10.4. The van der Waals surface area contributed by atoms with Crippen LogP contribution in [0.3, 0.4) is 0 Å². The Kier molecular flexibility index (Phi) is 3.41. The van der Waals surface area contributed by atoms with Gasteiger partial charge in [-0.2, -0.15) is 0 Å². The van der Waals surface area contributed by atoms with Crippen molar-refractivity contribution < 1.29 is 4.39 Å². The van der Waals surface area contributed by atoms with Crippen molar-refractivity contribution >= 4 is 17.3 Å². The van der Waals surface area contributed by atoms with Crippen LogP contribution in [0.4, 0.5) is 21.7 Å². The van der Waals surface area contributed by atoms with Crippen molar-refractivity contribution in [3.8, 4) is 0 Å². The van der Waals surface area contributed by atoms with Gasteiger partial charge in [-0.3, -0.25) is 0 Å². The SMILES string of the molecule is CCc1c(N)ncnc1Nc1cc(C)cc(F)c1. The predicted molar refractivity (Wildman–Crippen MR) is 70.2 cm³/mol. The van der Waals surface area contributed by atoms with E-state index in [1.54, 1.807) is 0 Å². The predicted octanol–water partition coefficient (Wildman–Crippen LogP) is 2.81. The summed E-state index contributed by atoms with van der Waals surface area (Å²) in [4.78, 5) is 8.08. The van der Waals surface area contributed by atoms with Crippen LogP contribution >= 0.6 is 0 Å². The van der Waals surface area contributed by atoms with Crippen molar-refractivity contribution in [3.63, 3.8) is 0 Å². The van der Waals surface area contributed by atoms with E-state index in [-0.39, 0.29) is 5.82 Å². The lowest BCUT2D eigenvalue weighted by Crippen LogP contribution is -2.04. The molecule has 1 aromatic carbocycles. The molecule has 0 unspecified atom stereocenters. The number of nitrogens with one attached hydrogen (secondary N) is 1. The number of nitrogen functional groups attached to an aromatic ring is 1. The number of benzene rings is 1. The number of nitrogens with zero attached hydrogens (tertiary/aromatic N) is 2. The summed E-state index contributed by atoms with van der Waals surface area (Å²) in [6, 6.07) is 4.74. The van der Waals surface area contributed by atoms with Crippen LogP contribution in [0.15, 0.2) is 24.5 Å². The molecule has 1 aromatic heterocycles. The second kappa shape index (κ2) is 5.00. The topological polar surface area (TPSA) is 63.8 Å². The van der Waals surface area contributed by atoms with Gasteiger partial charge in [0.05, 0.1) is 0 Å². The van der Waals surface area contributed by atoms with Crippen LogP contribution in [0.1, 0.15) is 18.1 Å². The van der Waals surface area contributed by atoms with Crippen molar-refractivity contribution in [3.05, 3.63) is 41.5 Å². The highest BCUT2D eigenvalue weighted by molar-refractivity contribution is 5.64. The first-order chi connectivity index (χ1) is 8.60. The summed E-state index contributed by atoms with van der Waals surface area (Å²) in [6.07, 6.45) is 2.10. The highest BCUT2D eigenvalue weighted by Crippen LogP contribution is 2.23. The maximum Gasteiger partial charge on any atom is 0.139 e. The molecule has 2 aromatic rings. The molecule has 94 valence electrons. The molecule has 4 nitrogen and oxygen atoms in total. The number of hydrogen-bond acceptors (Lipinski definition) is 4. The number of anilines is 3. The zero-order chi connectivity index (χ0) is 13.1. The van der Waals surface area contributed by atoms with E-state index in [4.69, 9.17) is 5.73 Å². The molecule has 0 aliphatic rings. The molecule has 0 amide bonds. The van der Waals surface area contributed by atoms with Gasteiger partial charge in [-0.25, -0.2) is 14.4 Å². The second-order valence-corrected chi connectivity index (χ2v) is 4.08. The van der Waals surface area contributed by atoms with E-state index < -0.39 is 0 Å². The third-order valence-electron chi connectivity index (χ3n) is 2.64. The molecule has 0 fully saturated rings. The zero-order valence-corrected chi connectivity index (χ0v) is 10.4. The van der Waals surface area contributed by atoms with Crippen molar-refractivity contribution in [2.24, 2.45) is 0 Å². The molecule has 0 atom stereocenters. The van der Waals surface area contributed by atoms with Crippen LogP contribution in [0.2, 0.25) is 0 Å². The number of halogens is 1. The number of aromatic nitrogens is 2. The van der Waals surface area contributed by atoms with Gasteiger partial charge in [-0.15, -0.1) is 0 Å². The molecule has 0 bridgehead atoms. The molecule has 0 radical (unpaired) electrons. The smallest absolute Gasteiger partial charge is 0.139 e. The van der Waals surface area contributed by atoms with E-state index in [0.29, 0.717) is 23.7 Å². The molecular weight excluding hydrogens is 231 g/mol. The summed E-state index contributed by atoms with van der Waals surface area (Å²) in [5.74, 6) is 0.788. The minimum Gasteiger partial charge on any atom is -0.383 e. The summed E-state index contributed by atoms with van der Waals surface area (Å²) in [7, 11) is 0. The van der Waals surface area contributed by atoms with E-state index in [2.05, 4.69) is 15.3 Å². The lowest BCUT2D eigenvalue weighted by Gasteiger charge is -2.11. The Hall–Kier alpha value is -2.17. The molecular formula is C13H15FN4. The van der Waals surface area contributed by atoms with Gasteiger partial charge < -0.3 is 11.1 Å². The molecule has 5 heteroatoms. The maximum atomic E-state index is 13.3. The van der Waals surface area contributed by atoms with Crippen molar-refractivity contribution in [1.29, 1.82) is 0 Å². The van der Waals surface area contributed by atoms with Crippen molar-refractivity contribution in [1.82, 2.24) is 9.97 Å². The van der Waals surface area contributed by atoms with E-state index in [9.17, 15) is 4.39 Å². The molecule has 0 spiro atoms. The third-order valence-corrected chi connectivity index (χ3v) is 2.64. The molecule has 0 saturated carbocycles. The van der Waals surface area contributed by atoms with Crippen molar-refractivity contribution in [2.75, 3.05) is 11.1 Å². The largest absolute Gasteiger partial charge is 0.383 e. The van der Waals surface area contributed by atoms with E-state index in [0.717, 1.165) is 11.1 Å². The molecule has 1 heterocycles. The molecule has 3 N–H and O–H groups in total. The van der Waals surface area contributed by atoms with Gasteiger partial charge >= 0.3 is 0 Å². The van der Waals surface area contributed by atoms with Gasteiger partial charge in [-0.05, 0) is 37.1 Å². The Labute approximate surface area is 105 Å². The minimum atomic E-state index is -0.280. The highest BCUT2D eigenvalue weighted by Gasteiger charge is 2.08. The van der Waals surface area contributed by atoms with Crippen LogP contribution in [0.5, 0.6) is 0 Å². The molecule has 0 aliphatic heterocycles. The van der Waals surface area contributed by atoms with Gasteiger partial charge in [0.15, 0.2) is 0 Å². The quantitative estimate of drug-likeness (QED) is 0.874. The fraction of sp³-hybridized carbons (Fsp3) is 0.231. The Morgan fingerprint density at radius 1 is 1.28 bits per heavy atom. The first-order valence-corrected chi connectivity index (χ1v) is 5.73. The van der Waals surface area contributed by atoms with Gasteiger partial charge in [0.2, 0.25) is 0 Å². The summed E-state index contributed by atoms with van der Waals surface area (Å²) in [5, 5.41) is 3.07. The standard InChI is InChI=1S/C13H15FN4/c1-3-11-12(15)16-7-17-13(11)18-10-5-8(2)4-9(14)6-10/h4-7H,3H2,1-2H3,(H3,15,16,17,18). The number of hydrogen-bond donors (Lipinski definition) is 2. The van der Waals surface area contributed by atoms with Crippen LogP contribution in [0.25, 0.3) is 0 Å². The average molecular weight is 246 g/mol. The number of nitrogens with two attached hydrogens (primary N) is 1. The number of aryl methyl sites for hydroxylation is 1. The first kappa shape index (κ1) is 12.3. The summed E-state index contributed by atoms with van der Waals surface area (Å²) in [6.45, 7) is 3.81. The van der Waals surface area contributed by atoms with Gasteiger partial charge in [0.1, 0.15) is 23.8 Å². The summed E-state index contributed by atoms with van der Waals surface area (Å²) in [5.41, 5.74) is 8.11.